The monoisotopic (exact) mass is 895 g/mol. The van der Waals surface area contributed by atoms with Crippen LogP contribution < -0.4 is 0 Å². The van der Waals surface area contributed by atoms with Gasteiger partial charge in [-0.25, -0.2) is 0 Å². The van der Waals surface area contributed by atoms with E-state index >= 15 is 0 Å². The van der Waals surface area contributed by atoms with E-state index in [0.717, 1.165) is 44.9 Å². The lowest BCUT2D eigenvalue weighted by Gasteiger charge is -2.39. The highest BCUT2D eigenvalue weighted by atomic mass is 16.7. The minimum atomic E-state index is -1.60. The Kier molecular flexibility index (Phi) is 41.4. The number of carbonyl (C=O) groups excluding carboxylic acids is 2. The first kappa shape index (κ1) is 59.2. The van der Waals surface area contributed by atoms with Crippen LogP contribution in [-0.4, -0.2) is 89.0 Å². The summed E-state index contributed by atoms with van der Waals surface area (Å²) in [5.74, 6) is -0.839. The van der Waals surface area contributed by atoms with Gasteiger partial charge in [0, 0.05) is 12.8 Å². The summed E-state index contributed by atoms with van der Waals surface area (Å²) in [6, 6.07) is 0. The van der Waals surface area contributed by atoms with Gasteiger partial charge in [0.1, 0.15) is 31.0 Å². The van der Waals surface area contributed by atoms with Gasteiger partial charge in [-0.1, -0.05) is 199 Å². The highest BCUT2D eigenvalue weighted by molar-refractivity contribution is 5.70. The number of ether oxygens (including phenoxy) is 4. The van der Waals surface area contributed by atoms with Gasteiger partial charge >= 0.3 is 11.9 Å². The van der Waals surface area contributed by atoms with Crippen LogP contribution in [0.3, 0.4) is 0 Å². The largest absolute Gasteiger partial charge is 0.462 e. The molecule has 4 N–H and O–H groups in total. The lowest BCUT2D eigenvalue weighted by molar-refractivity contribution is -0.305. The van der Waals surface area contributed by atoms with Gasteiger partial charge in [-0.15, -0.1) is 0 Å². The summed E-state index contributed by atoms with van der Waals surface area (Å²) >= 11 is 0. The second-order valence-electron chi connectivity index (χ2n) is 18.3. The maximum Gasteiger partial charge on any atom is 0.306 e. The summed E-state index contributed by atoms with van der Waals surface area (Å²) in [5.41, 5.74) is 0. The number of allylic oxidation sites excluding steroid dienone is 4. The molecule has 0 spiro atoms. The Morgan fingerprint density at radius 1 is 0.476 bits per heavy atom. The molecule has 1 fully saturated rings. The van der Waals surface area contributed by atoms with E-state index in [4.69, 9.17) is 18.9 Å². The van der Waals surface area contributed by atoms with Gasteiger partial charge in [0.2, 0.25) is 0 Å². The van der Waals surface area contributed by atoms with Crippen LogP contribution in [0, 0.1) is 0 Å². The molecule has 0 aliphatic carbocycles. The zero-order valence-electron chi connectivity index (χ0n) is 40.6. The number of unbranched alkanes of at least 4 members (excludes halogenated alkanes) is 30. The molecular weight excluding hydrogens is 797 g/mol. The van der Waals surface area contributed by atoms with Gasteiger partial charge in [-0.3, -0.25) is 9.59 Å². The van der Waals surface area contributed by atoms with Crippen LogP contribution >= 0.6 is 0 Å². The first-order valence-electron chi connectivity index (χ1n) is 26.4. The molecule has 1 rings (SSSR count). The molecule has 6 atom stereocenters. The third-order valence-electron chi connectivity index (χ3n) is 12.3. The Labute approximate surface area is 385 Å². The molecule has 0 aromatic carbocycles. The fourth-order valence-electron chi connectivity index (χ4n) is 8.13. The van der Waals surface area contributed by atoms with Gasteiger partial charge in [-0.05, 0) is 57.8 Å². The quantitative estimate of drug-likeness (QED) is 0.0264. The molecule has 0 radical (unpaired) electrons. The molecule has 63 heavy (non-hydrogen) atoms. The van der Waals surface area contributed by atoms with Crippen LogP contribution in [-0.2, 0) is 28.5 Å². The van der Waals surface area contributed by atoms with Crippen LogP contribution in [0.4, 0.5) is 0 Å². The van der Waals surface area contributed by atoms with Crippen molar-refractivity contribution in [1.82, 2.24) is 0 Å². The number of rotatable bonds is 45. The predicted molar refractivity (Wildman–Crippen MR) is 256 cm³/mol. The van der Waals surface area contributed by atoms with Crippen molar-refractivity contribution in [3.05, 3.63) is 24.3 Å². The van der Waals surface area contributed by atoms with Crippen molar-refractivity contribution < 1.29 is 49.0 Å². The number of hydrogen-bond donors (Lipinski definition) is 4. The molecule has 2 unspecified atom stereocenters. The molecule has 0 saturated carbocycles. The zero-order valence-corrected chi connectivity index (χ0v) is 40.6. The molecule has 1 heterocycles. The summed E-state index contributed by atoms with van der Waals surface area (Å²) in [4.78, 5) is 25.4. The van der Waals surface area contributed by atoms with Crippen LogP contribution in [0.5, 0.6) is 0 Å². The summed E-state index contributed by atoms with van der Waals surface area (Å²) in [5, 5.41) is 40.2. The van der Waals surface area contributed by atoms with Crippen LogP contribution in [0.15, 0.2) is 24.3 Å². The Hall–Kier alpha value is -1.82. The van der Waals surface area contributed by atoms with Crippen LogP contribution in [0.25, 0.3) is 0 Å². The zero-order chi connectivity index (χ0) is 45.9. The van der Waals surface area contributed by atoms with Gasteiger partial charge < -0.3 is 39.4 Å². The third kappa shape index (κ3) is 35.1. The van der Waals surface area contributed by atoms with Crippen molar-refractivity contribution in [2.45, 2.75) is 282 Å². The van der Waals surface area contributed by atoms with Crippen molar-refractivity contribution in [2.75, 3.05) is 19.8 Å². The van der Waals surface area contributed by atoms with E-state index in [-0.39, 0.29) is 32.0 Å². The fourth-order valence-corrected chi connectivity index (χ4v) is 8.13. The topological polar surface area (TPSA) is 152 Å². The molecular formula is C53H98O10. The van der Waals surface area contributed by atoms with Crippen LogP contribution in [0.1, 0.15) is 245 Å². The van der Waals surface area contributed by atoms with Gasteiger partial charge in [-0.2, -0.15) is 0 Å². The smallest absolute Gasteiger partial charge is 0.306 e. The highest BCUT2D eigenvalue weighted by Crippen LogP contribution is 2.23. The minimum absolute atomic E-state index is 0.184. The average molecular weight is 895 g/mol. The van der Waals surface area contributed by atoms with E-state index in [2.05, 4.69) is 38.2 Å². The molecule has 0 amide bonds. The molecule has 1 saturated heterocycles. The van der Waals surface area contributed by atoms with Crippen molar-refractivity contribution in [3.63, 3.8) is 0 Å². The Bertz CT molecular complexity index is 1080. The number of aliphatic hydroxyl groups excluding tert-OH is 4. The lowest BCUT2D eigenvalue weighted by Crippen LogP contribution is -2.59. The summed E-state index contributed by atoms with van der Waals surface area (Å²) in [6.07, 6.45) is 43.4. The van der Waals surface area contributed by atoms with Gasteiger partial charge in [0.15, 0.2) is 12.4 Å². The average Bonchev–Trinajstić information content (AvgIpc) is 3.28. The van der Waals surface area contributed by atoms with Crippen LogP contribution in [0.2, 0.25) is 0 Å². The normalized spacial score (nSPS) is 19.6. The number of carbonyl (C=O) groups is 2. The molecule has 10 nitrogen and oxygen atoms in total. The standard InChI is InChI=1S/C53H98O10/c1-3-5-7-9-11-13-15-17-19-20-21-22-23-24-25-26-28-30-32-34-36-38-40-42-49(56)62-46(45-61-53-52(59)51(58)50(57)47(43-54)63-53)44-60-48(55)41-39-37-35-33-31-29-27-18-16-14-12-10-8-6-4-2/h14,16,34,36,46-47,50-54,57-59H,3-13,15,17-33,35,37-45H2,1-2H3/b16-14+,36-34+/t46-,47-,50+,51?,52?,53-/m1/s1. The molecule has 370 valence electrons. The van der Waals surface area contributed by atoms with Crippen molar-refractivity contribution >= 4 is 11.9 Å². The van der Waals surface area contributed by atoms with Crippen molar-refractivity contribution in [3.8, 4) is 0 Å². The number of aliphatic hydroxyl groups is 4. The third-order valence-corrected chi connectivity index (χ3v) is 12.3. The van der Waals surface area contributed by atoms with E-state index in [9.17, 15) is 30.0 Å². The van der Waals surface area contributed by atoms with E-state index in [0.29, 0.717) is 6.42 Å². The van der Waals surface area contributed by atoms with Gasteiger partial charge in [0.05, 0.1) is 13.2 Å². The van der Waals surface area contributed by atoms with E-state index < -0.39 is 49.4 Å². The molecule has 0 aromatic heterocycles. The van der Waals surface area contributed by atoms with Gasteiger partial charge in [0.25, 0.3) is 0 Å². The minimum Gasteiger partial charge on any atom is -0.462 e. The number of esters is 2. The molecule has 1 aliphatic heterocycles. The Balaban J connectivity index is 2.24. The highest BCUT2D eigenvalue weighted by Gasteiger charge is 2.44. The summed E-state index contributed by atoms with van der Waals surface area (Å²) in [6.45, 7) is 3.42. The summed E-state index contributed by atoms with van der Waals surface area (Å²) < 4.78 is 22.2. The van der Waals surface area contributed by atoms with Crippen molar-refractivity contribution in [2.24, 2.45) is 0 Å². The summed E-state index contributed by atoms with van der Waals surface area (Å²) in [7, 11) is 0. The molecule has 1 aliphatic rings. The Morgan fingerprint density at radius 3 is 1.30 bits per heavy atom. The molecule has 10 heteroatoms. The maximum atomic E-state index is 12.8. The molecule has 0 aromatic rings. The predicted octanol–water partition coefficient (Wildman–Crippen LogP) is 12.5. The van der Waals surface area contributed by atoms with E-state index in [1.165, 1.54) is 167 Å². The second-order valence-corrected chi connectivity index (χ2v) is 18.3. The van der Waals surface area contributed by atoms with E-state index in [1.807, 2.05) is 0 Å². The first-order chi connectivity index (χ1) is 30.8. The Morgan fingerprint density at radius 2 is 0.857 bits per heavy atom. The maximum absolute atomic E-state index is 12.8. The van der Waals surface area contributed by atoms with Crippen molar-refractivity contribution in [1.29, 1.82) is 0 Å². The second kappa shape index (κ2) is 44.0. The molecule has 0 bridgehead atoms. The SMILES string of the molecule is CCCCCC/C=C/CCCCCCCCCC(=O)OC[C@H](CO[C@@H]1O[C@H](CO)[C@H](O)C(O)C1O)OC(=O)CCC/C=C/CCCCCCCCCCCCCCCCCCCC. The first-order valence-corrected chi connectivity index (χ1v) is 26.4. The van der Waals surface area contributed by atoms with E-state index in [1.54, 1.807) is 0 Å². The fraction of sp³-hybridized carbons (Fsp3) is 0.887. The number of hydrogen-bond acceptors (Lipinski definition) is 10. The lowest BCUT2D eigenvalue weighted by atomic mass is 9.99.